The molecule has 0 aromatic heterocycles. The largest absolute Gasteiger partial charge is 0.373 e. The molecule has 0 saturated carbocycles. The molecule has 1 aliphatic rings. The van der Waals surface area contributed by atoms with E-state index >= 15 is 0 Å². The summed E-state index contributed by atoms with van der Waals surface area (Å²) in [6, 6.07) is 5.74. The van der Waals surface area contributed by atoms with Gasteiger partial charge in [-0.25, -0.2) is 4.39 Å². The quantitative estimate of drug-likeness (QED) is 0.832. The molecule has 0 radical (unpaired) electrons. The molecule has 88 valence electrons. The SMILES string of the molecule is CNC1CCOC(c2ccc(F)c(C)c2)C1. The number of benzene rings is 1. The topological polar surface area (TPSA) is 21.3 Å². The van der Waals surface area contributed by atoms with Crippen LogP contribution in [0.5, 0.6) is 0 Å². The Morgan fingerprint density at radius 2 is 2.25 bits per heavy atom. The average molecular weight is 223 g/mol. The number of nitrogens with one attached hydrogen (secondary N) is 1. The van der Waals surface area contributed by atoms with Crippen LogP contribution >= 0.6 is 0 Å². The highest BCUT2D eigenvalue weighted by molar-refractivity contribution is 5.26. The molecule has 1 saturated heterocycles. The van der Waals surface area contributed by atoms with Gasteiger partial charge < -0.3 is 10.1 Å². The van der Waals surface area contributed by atoms with Gasteiger partial charge in [0.15, 0.2) is 0 Å². The van der Waals surface area contributed by atoms with Crippen LogP contribution in [0.3, 0.4) is 0 Å². The number of rotatable bonds is 2. The smallest absolute Gasteiger partial charge is 0.126 e. The number of halogens is 1. The van der Waals surface area contributed by atoms with Crippen molar-refractivity contribution in [2.45, 2.75) is 31.9 Å². The summed E-state index contributed by atoms with van der Waals surface area (Å²) in [5.74, 6) is -0.148. The van der Waals surface area contributed by atoms with Gasteiger partial charge in [-0.3, -0.25) is 0 Å². The Morgan fingerprint density at radius 1 is 1.44 bits per heavy atom. The third kappa shape index (κ3) is 2.42. The summed E-state index contributed by atoms with van der Waals surface area (Å²) in [5, 5.41) is 3.28. The third-order valence-electron chi connectivity index (χ3n) is 3.25. The van der Waals surface area contributed by atoms with Crippen molar-refractivity contribution in [3.05, 3.63) is 35.1 Å². The fourth-order valence-electron chi connectivity index (χ4n) is 2.16. The molecule has 2 atom stereocenters. The summed E-state index contributed by atoms with van der Waals surface area (Å²) in [6.07, 6.45) is 2.11. The lowest BCUT2D eigenvalue weighted by Gasteiger charge is -2.29. The Balaban J connectivity index is 2.13. The standard InChI is InChI=1S/C13H18FNO/c1-9-7-10(3-4-12(9)14)13-8-11(15-2)5-6-16-13/h3-4,7,11,13,15H,5-6,8H2,1-2H3. The number of hydrogen-bond donors (Lipinski definition) is 1. The van der Waals surface area contributed by atoms with E-state index in [1.54, 1.807) is 6.92 Å². The minimum absolute atomic E-state index is 0.102. The predicted molar refractivity (Wildman–Crippen MR) is 61.9 cm³/mol. The highest BCUT2D eigenvalue weighted by Crippen LogP contribution is 2.28. The fraction of sp³-hybridized carbons (Fsp3) is 0.538. The summed E-state index contributed by atoms with van der Waals surface area (Å²) in [5.41, 5.74) is 1.77. The maximum Gasteiger partial charge on any atom is 0.126 e. The fourth-order valence-corrected chi connectivity index (χ4v) is 2.16. The van der Waals surface area contributed by atoms with Gasteiger partial charge in [0.1, 0.15) is 5.82 Å². The van der Waals surface area contributed by atoms with Crippen molar-refractivity contribution >= 4 is 0 Å². The normalized spacial score (nSPS) is 25.7. The Bertz CT molecular complexity index is 367. The molecule has 0 bridgehead atoms. The van der Waals surface area contributed by atoms with Crippen LogP contribution < -0.4 is 5.32 Å². The van der Waals surface area contributed by atoms with E-state index in [4.69, 9.17) is 4.74 Å². The summed E-state index contributed by atoms with van der Waals surface area (Å²) in [4.78, 5) is 0. The van der Waals surface area contributed by atoms with Crippen molar-refractivity contribution in [3.8, 4) is 0 Å². The lowest BCUT2D eigenvalue weighted by molar-refractivity contribution is 0.00148. The Hall–Kier alpha value is -0.930. The summed E-state index contributed by atoms with van der Waals surface area (Å²) >= 11 is 0. The molecule has 0 amide bonds. The molecule has 1 aromatic carbocycles. The van der Waals surface area contributed by atoms with Gasteiger partial charge >= 0.3 is 0 Å². The van der Waals surface area contributed by atoms with Crippen LogP contribution in [-0.4, -0.2) is 19.7 Å². The van der Waals surface area contributed by atoms with E-state index in [2.05, 4.69) is 5.32 Å². The van der Waals surface area contributed by atoms with Gasteiger partial charge in [0.05, 0.1) is 6.10 Å². The molecule has 2 nitrogen and oxygen atoms in total. The van der Waals surface area contributed by atoms with Gasteiger partial charge in [0, 0.05) is 12.6 Å². The zero-order valence-corrected chi connectivity index (χ0v) is 9.79. The van der Waals surface area contributed by atoms with Gasteiger partial charge in [-0.15, -0.1) is 0 Å². The van der Waals surface area contributed by atoms with E-state index in [0.29, 0.717) is 11.6 Å². The van der Waals surface area contributed by atoms with Gasteiger partial charge in [0.2, 0.25) is 0 Å². The van der Waals surface area contributed by atoms with Crippen LogP contribution in [0.1, 0.15) is 30.1 Å². The van der Waals surface area contributed by atoms with Crippen molar-refractivity contribution in [1.82, 2.24) is 5.32 Å². The predicted octanol–water partition coefficient (Wildman–Crippen LogP) is 2.57. The van der Waals surface area contributed by atoms with E-state index < -0.39 is 0 Å². The highest BCUT2D eigenvalue weighted by Gasteiger charge is 2.22. The van der Waals surface area contributed by atoms with Crippen molar-refractivity contribution in [3.63, 3.8) is 0 Å². The first kappa shape index (κ1) is 11.6. The first-order valence-corrected chi connectivity index (χ1v) is 5.75. The molecular formula is C13H18FNO. The van der Waals surface area contributed by atoms with E-state index in [1.807, 2.05) is 19.2 Å². The van der Waals surface area contributed by atoms with E-state index in [9.17, 15) is 4.39 Å². The van der Waals surface area contributed by atoms with Gasteiger partial charge in [-0.05, 0) is 44.0 Å². The van der Waals surface area contributed by atoms with E-state index in [-0.39, 0.29) is 11.9 Å². The Labute approximate surface area is 95.8 Å². The molecule has 2 rings (SSSR count). The lowest BCUT2D eigenvalue weighted by atomic mass is 9.96. The van der Waals surface area contributed by atoms with Crippen molar-refractivity contribution < 1.29 is 9.13 Å². The van der Waals surface area contributed by atoms with Crippen LogP contribution in [0.25, 0.3) is 0 Å². The first-order valence-electron chi connectivity index (χ1n) is 5.75. The lowest BCUT2D eigenvalue weighted by Crippen LogP contribution is -2.33. The monoisotopic (exact) mass is 223 g/mol. The van der Waals surface area contributed by atoms with Gasteiger partial charge in [0.25, 0.3) is 0 Å². The van der Waals surface area contributed by atoms with Gasteiger partial charge in [-0.1, -0.05) is 12.1 Å². The second-order valence-corrected chi connectivity index (χ2v) is 4.38. The molecule has 16 heavy (non-hydrogen) atoms. The van der Waals surface area contributed by atoms with Crippen LogP contribution in [0.15, 0.2) is 18.2 Å². The Kier molecular flexibility index (Phi) is 3.56. The minimum atomic E-state index is -0.148. The molecule has 1 aliphatic heterocycles. The third-order valence-corrected chi connectivity index (χ3v) is 3.25. The maximum absolute atomic E-state index is 13.2. The zero-order chi connectivity index (χ0) is 11.5. The van der Waals surface area contributed by atoms with Crippen LogP contribution in [0.4, 0.5) is 4.39 Å². The molecular weight excluding hydrogens is 205 g/mol. The van der Waals surface area contributed by atoms with E-state index in [1.165, 1.54) is 6.07 Å². The molecule has 3 heteroatoms. The van der Waals surface area contributed by atoms with Crippen molar-refractivity contribution in [2.24, 2.45) is 0 Å². The summed E-state index contributed by atoms with van der Waals surface area (Å²) < 4.78 is 18.9. The van der Waals surface area contributed by atoms with Crippen LogP contribution in [0, 0.1) is 12.7 Å². The highest BCUT2D eigenvalue weighted by atomic mass is 19.1. The summed E-state index contributed by atoms with van der Waals surface area (Å²) in [6.45, 7) is 2.56. The second-order valence-electron chi connectivity index (χ2n) is 4.38. The molecule has 1 heterocycles. The zero-order valence-electron chi connectivity index (χ0n) is 9.79. The molecule has 0 spiro atoms. The molecule has 2 unspecified atom stereocenters. The minimum Gasteiger partial charge on any atom is -0.373 e. The average Bonchev–Trinajstić information content (AvgIpc) is 2.33. The number of ether oxygens (including phenoxy) is 1. The van der Waals surface area contributed by atoms with Crippen LogP contribution in [-0.2, 0) is 4.74 Å². The maximum atomic E-state index is 13.2. The van der Waals surface area contributed by atoms with Gasteiger partial charge in [-0.2, -0.15) is 0 Å². The Morgan fingerprint density at radius 3 is 2.94 bits per heavy atom. The molecule has 1 N–H and O–H groups in total. The molecule has 1 fully saturated rings. The summed E-state index contributed by atoms with van der Waals surface area (Å²) in [7, 11) is 1.98. The van der Waals surface area contributed by atoms with Crippen molar-refractivity contribution in [2.75, 3.05) is 13.7 Å². The van der Waals surface area contributed by atoms with Crippen LogP contribution in [0.2, 0.25) is 0 Å². The number of hydrogen-bond acceptors (Lipinski definition) is 2. The number of aryl methyl sites for hydroxylation is 1. The first-order chi connectivity index (χ1) is 7.70. The van der Waals surface area contributed by atoms with E-state index in [0.717, 1.165) is 25.0 Å². The van der Waals surface area contributed by atoms with Crippen molar-refractivity contribution in [1.29, 1.82) is 0 Å². The molecule has 1 aromatic rings. The second kappa shape index (κ2) is 4.93. The molecule has 0 aliphatic carbocycles.